The van der Waals surface area contributed by atoms with Crippen molar-refractivity contribution in [2.45, 2.75) is 13.0 Å². The topological polar surface area (TPSA) is 81.9 Å². The molecular weight excluding hydrogens is 355 g/mol. The first-order valence-electron chi connectivity index (χ1n) is 8.57. The van der Waals surface area contributed by atoms with E-state index < -0.39 is 10.9 Å². The maximum Gasteiger partial charge on any atom is 0.345 e. The van der Waals surface area contributed by atoms with Crippen LogP contribution in [0.2, 0.25) is 0 Å². The van der Waals surface area contributed by atoms with Gasteiger partial charge in [-0.2, -0.15) is 0 Å². The number of anilines is 1. The fraction of sp³-hybridized carbons (Fsp3) is 0.316. The van der Waals surface area contributed by atoms with Crippen LogP contribution in [-0.2, 0) is 9.47 Å². The van der Waals surface area contributed by atoms with Gasteiger partial charge in [0.05, 0.1) is 18.1 Å². The fourth-order valence-corrected chi connectivity index (χ4v) is 3.04. The van der Waals surface area contributed by atoms with Gasteiger partial charge >= 0.3 is 5.97 Å². The van der Waals surface area contributed by atoms with Gasteiger partial charge in [-0.25, -0.2) is 9.18 Å². The Bertz CT molecular complexity index is 858. The molecule has 0 aromatic heterocycles. The van der Waals surface area contributed by atoms with Gasteiger partial charge in [0.1, 0.15) is 17.5 Å². The third-order valence-corrected chi connectivity index (χ3v) is 4.32. The lowest BCUT2D eigenvalue weighted by molar-refractivity contribution is -0.385. The van der Waals surface area contributed by atoms with E-state index in [4.69, 9.17) is 9.47 Å². The average Bonchev–Trinajstić information content (AvgIpc) is 2.67. The Morgan fingerprint density at radius 3 is 2.89 bits per heavy atom. The van der Waals surface area contributed by atoms with Crippen molar-refractivity contribution in [1.29, 1.82) is 0 Å². The first kappa shape index (κ1) is 18.8. The molecule has 2 aromatic carbocycles. The summed E-state index contributed by atoms with van der Waals surface area (Å²) >= 11 is 0. The van der Waals surface area contributed by atoms with Gasteiger partial charge in [0.2, 0.25) is 0 Å². The Balaban J connectivity index is 1.87. The molecule has 0 bridgehead atoms. The number of ether oxygens (including phenoxy) is 2. The third-order valence-electron chi connectivity index (χ3n) is 4.32. The van der Waals surface area contributed by atoms with Gasteiger partial charge in [-0.3, -0.25) is 10.1 Å². The van der Waals surface area contributed by atoms with E-state index in [-0.39, 0.29) is 29.8 Å². The van der Waals surface area contributed by atoms with E-state index in [1.54, 1.807) is 25.1 Å². The van der Waals surface area contributed by atoms with E-state index in [0.29, 0.717) is 30.9 Å². The van der Waals surface area contributed by atoms with Crippen LogP contribution in [0.1, 0.15) is 28.9 Å². The molecule has 1 aliphatic heterocycles. The van der Waals surface area contributed by atoms with Crippen LogP contribution < -0.4 is 4.90 Å². The van der Waals surface area contributed by atoms with Crippen molar-refractivity contribution in [1.82, 2.24) is 0 Å². The number of nitrogens with zero attached hydrogens (tertiary/aromatic N) is 2. The lowest BCUT2D eigenvalue weighted by Gasteiger charge is -2.35. The van der Waals surface area contributed by atoms with Gasteiger partial charge in [0.25, 0.3) is 5.69 Å². The van der Waals surface area contributed by atoms with Crippen LogP contribution in [0.25, 0.3) is 0 Å². The molecule has 1 aliphatic rings. The molecule has 3 rings (SSSR count). The summed E-state index contributed by atoms with van der Waals surface area (Å²) < 4.78 is 24.2. The predicted octanol–water partition coefficient (Wildman–Crippen LogP) is 3.49. The number of carbonyl (C=O) groups excluding carboxylic acids is 1. The number of carbonyl (C=O) groups is 1. The maximum absolute atomic E-state index is 13.5. The Kier molecular flexibility index (Phi) is 5.66. The zero-order chi connectivity index (χ0) is 19.4. The molecule has 27 heavy (non-hydrogen) atoms. The standard InChI is InChI=1S/C19H19FN2O5/c1-2-26-19(23)16-11-15(6-7-17(16)22(24)25)21-8-9-27-18(12-21)13-4-3-5-14(20)10-13/h3-7,10-11,18H,2,8-9,12H2,1H3. The average molecular weight is 374 g/mol. The number of nitro groups is 1. The van der Waals surface area contributed by atoms with Crippen molar-refractivity contribution in [3.63, 3.8) is 0 Å². The number of hydrogen-bond donors (Lipinski definition) is 0. The molecule has 1 heterocycles. The first-order chi connectivity index (χ1) is 13.0. The zero-order valence-electron chi connectivity index (χ0n) is 14.8. The summed E-state index contributed by atoms with van der Waals surface area (Å²) in [6.07, 6.45) is -0.337. The molecule has 8 heteroatoms. The number of esters is 1. The van der Waals surface area contributed by atoms with Crippen LogP contribution in [0.3, 0.4) is 0 Å². The van der Waals surface area contributed by atoms with Crippen LogP contribution in [-0.4, -0.2) is 37.2 Å². The van der Waals surface area contributed by atoms with E-state index in [1.165, 1.54) is 24.3 Å². The van der Waals surface area contributed by atoms with Crippen molar-refractivity contribution in [3.05, 3.63) is 69.5 Å². The molecular formula is C19H19FN2O5. The summed E-state index contributed by atoms with van der Waals surface area (Å²) in [5, 5.41) is 11.2. The van der Waals surface area contributed by atoms with Crippen molar-refractivity contribution < 1.29 is 23.6 Å². The minimum Gasteiger partial charge on any atom is -0.462 e. The Morgan fingerprint density at radius 2 is 2.19 bits per heavy atom. The van der Waals surface area contributed by atoms with Crippen molar-refractivity contribution in [3.8, 4) is 0 Å². The van der Waals surface area contributed by atoms with Gasteiger partial charge < -0.3 is 14.4 Å². The summed E-state index contributed by atoms with van der Waals surface area (Å²) in [7, 11) is 0. The fourth-order valence-electron chi connectivity index (χ4n) is 3.04. The first-order valence-corrected chi connectivity index (χ1v) is 8.57. The molecule has 7 nitrogen and oxygen atoms in total. The van der Waals surface area contributed by atoms with E-state index in [0.717, 1.165) is 0 Å². The van der Waals surface area contributed by atoms with Crippen molar-refractivity contribution in [2.75, 3.05) is 31.2 Å². The second-order valence-electron chi connectivity index (χ2n) is 6.04. The quantitative estimate of drug-likeness (QED) is 0.453. The molecule has 1 fully saturated rings. The molecule has 0 radical (unpaired) electrons. The molecule has 1 atom stereocenters. The molecule has 1 saturated heterocycles. The normalized spacial score (nSPS) is 16.8. The van der Waals surface area contributed by atoms with Gasteiger partial charge in [-0.1, -0.05) is 12.1 Å². The van der Waals surface area contributed by atoms with Crippen LogP contribution in [0, 0.1) is 15.9 Å². The Hall–Kier alpha value is -3.00. The highest BCUT2D eigenvalue weighted by Gasteiger charge is 2.26. The van der Waals surface area contributed by atoms with E-state index >= 15 is 0 Å². The predicted molar refractivity (Wildman–Crippen MR) is 96.4 cm³/mol. The van der Waals surface area contributed by atoms with Gasteiger partial charge in [-0.05, 0) is 36.8 Å². The number of nitro benzene ring substituents is 1. The highest BCUT2D eigenvalue weighted by atomic mass is 19.1. The van der Waals surface area contributed by atoms with E-state index in [2.05, 4.69) is 0 Å². The molecule has 0 amide bonds. The lowest BCUT2D eigenvalue weighted by Crippen LogP contribution is -2.38. The zero-order valence-corrected chi connectivity index (χ0v) is 14.8. The molecule has 2 aromatic rings. The largest absolute Gasteiger partial charge is 0.462 e. The highest BCUT2D eigenvalue weighted by molar-refractivity contribution is 5.95. The van der Waals surface area contributed by atoms with E-state index in [9.17, 15) is 19.3 Å². The SMILES string of the molecule is CCOC(=O)c1cc(N2CCOC(c3cccc(F)c3)C2)ccc1[N+](=O)[O-]. The molecule has 142 valence electrons. The van der Waals surface area contributed by atoms with Crippen LogP contribution in [0.4, 0.5) is 15.8 Å². The number of hydrogen-bond acceptors (Lipinski definition) is 6. The molecule has 1 unspecified atom stereocenters. The minimum atomic E-state index is -0.735. The van der Waals surface area contributed by atoms with Crippen LogP contribution >= 0.6 is 0 Å². The highest BCUT2D eigenvalue weighted by Crippen LogP contribution is 2.30. The van der Waals surface area contributed by atoms with Gasteiger partial charge in [-0.15, -0.1) is 0 Å². The molecule has 0 spiro atoms. The molecule has 0 N–H and O–H groups in total. The molecule has 0 aliphatic carbocycles. The minimum absolute atomic E-state index is 0.0897. The molecule has 0 saturated carbocycles. The lowest BCUT2D eigenvalue weighted by atomic mass is 10.1. The number of benzene rings is 2. The Labute approximate surface area is 155 Å². The Morgan fingerprint density at radius 1 is 1.37 bits per heavy atom. The van der Waals surface area contributed by atoms with Crippen molar-refractivity contribution in [2.24, 2.45) is 0 Å². The number of halogens is 1. The van der Waals surface area contributed by atoms with E-state index in [1.807, 2.05) is 4.90 Å². The maximum atomic E-state index is 13.5. The summed E-state index contributed by atoms with van der Waals surface area (Å²) in [4.78, 5) is 24.7. The summed E-state index contributed by atoms with van der Waals surface area (Å²) in [5.41, 5.74) is 0.973. The summed E-state index contributed by atoms with van der Waals surface area (Å²) in [6, 6.07) is 10.6. The van der Waals surface area contributed by atoms with Gasteiger partial charge in [0.15, 0.2) is 0 Å². The second kappa shape index (κ2) is 8.13. The summed E-state index contributed by atoms with van der Waals surface area (Å²) in [5.74, 6) is -1.07. The summed E-state index contributed by atoms with van der Waals surface area (Å²) in [6.45, 7) is 3.15. The number of morpholine rings is 1. The number of rotatable bonds is 5. The second-order valence-corrected chi connectivity index (χ2v) is 6.04. The third kappa shape index (κ3) is 4.22. The van der Waals surface area contributed by atoms with Crippen LogP contribution in [0.15, 0.2) is 42.5 Å². The van der Waals surface area contributed by atoms with Crippen molar-refractivity contribution >= 4 is 17.3 Å². The smallest absolute Gasteiger partial charge is 0.345 e. The monoisotopic (exact) mass is 374 g/mol. The van der Waals surface area contributed by atoms with Crippen LogP contribution in [0.5, 0.6) is 0 Å². The van der Waals surface area contributed by atoms with Gasteiger partial charge in [0, 0.05) is 24.8 Å².